The van der Waals surface area contributed by atoms with Gasteiger partial charge < -0.3 is 13.9 Å². The highest BCUT2D eigenvalue weighted by Crippen LogP contribution is 2.38. The second-order valence-electron chi connectivity index (χ2n) is 9.29. The summed E-state index contributed by atoms with van der Waals surface area (Å²) in [5.41, 5.74) is 0. The van der Waals surface area contributed by atoms with Gasteiger partial charge in [0.1, 0.15) is 6.79 Å². The summed E-state index contributed by atoms with van der Waals surface area (Å²) in [6, 6.07) is 0. The molecule has 4 atom stereocenters. The lowest BCUT2D eigenvalue weighted by molar-refractivity contribution is -0.0700. The van der Waals surface area contributed by atoms with Gasteiger partial charge in [0.2, 0.25) is 0 Å². The van der Waals surface area contributed by atoms with Crippen LogP contribution in [0.1, 0.15) is 59.8 Å². The minimum Gasteiger partial charge on any atom is -0.414 e. The van der Waals surface area contributed by atoms with Gasteiger partial charge in [0, 0.05) is 17.6 Å². The molecule has 1 rings (SSSR count). The Bertz CT molecular complexity index is 420. The van der Waals surface area contributed by atoms with Crippen molar-refractivity contribution < 1.29 is 13.9 Å². The maximum atomic E-state index is 6.45. The van der Waals surface area contributed by atoms with Crippen molar-refractivity contribution in [3.63, 3.8) is 0 Å². The topological polar surface area (TPSA) is 27.7 Å². The zero-order valence-electron chi connectivity index (χ0n) is 18.0. The zero-order chi connectivity index (χ0) is 19.8. The van der Waals surface area contributed by atoms with Crippen LogP contribution in [-0.2, 0) is 13.9 Å². The van der Waals surface area contributed by atoms with Crippen LogP contribution in [0.2, 0.25) is 18.1 Å². The van der Waals surface area contributed by atoms with Crippen molar-refractivity contribution in [3.05, 3.63) is 12.2 Å². The van der Waals surface area contributed by atoms with E-state index in [1.807, 2.05) is 0 Å². The first-order valence-electron chi connectivity index (χ1n) is 10.1. The average molecular weight is 497 g/mol. The Morgan fingerprint density at radius 1 is 1.23 bits per heavy atom. The predicted octanol–water partition coefficient (Wildman–Crippen LogP) is 6.57. The normalized spacial score (nSPS) is 25.9. The second kappa shape index (κ2) is 11.5. The third-order valence-electron chi connectivity index (χ3n) is 5.99. The SMILES string of the molecule is COCO[C@@H]1C[C@@H](CI)[C@H](/C=C/CCC[C@H](C)O[Si](C)(C)C(C)(C)C)C1. The number of alkyl halides is 1. The summed E-state index contributed by atoms with van der Waals surface area (Å²) in [4.78, 5) is 0. The molecule has 0 N–H and O–H groups in total. The fourth-order valence-electron chi connectivity index (χ4n) is 3.35. The molecule has 1 aliphatic carbocycles. The van der Waals surface area contributed by atoms with E-state index in [0.717, 1.165) is 25.2 Å². The highest BCUT2D eigenvalue weighted by Gasteiger charge is 2.38. The molecule has 0 saturated heterocycles. The molecule has 0 amide bonds. The molecule has 26 heavy (non-hydrogen) atoms. The third-order valence-corrected chi connectivity index (χ3v) is 11.7. The summed E-state index contributed by atoms with van der Waals surface area (Å²) in [5, 5.41) is 0.291. The second-order valence-corrected chi connectivity index (χ2v) is 14.9. The lowest BCUT2D eigenvalue weighted by Crippen LogP contribution is -2.43. The number of allylic oxidation sites excluding steroid dienone is 2. The van der Waals surface area contributed by atoms with Crippen LogP contribution < -0.4 is 0 Å². The number of unbranched alkanes of at least 4 members (excludes halogenated alkanes) is 1. The van der Waals surface area contributed by atoms with Crippen molar-refractivity contribution in [2.45, 2.75) is 90.1 Å². The lowest BCUT2D eigenvalue weighted by atomic mass is 9.97. The van der Waals surface area contributed by atoms with Crippen LogP contribution in [0.25, 0.3) is 0 Å². The number of ether oxygens (including phenoxy) is 2. The maximum absolute atomic E-state index is 6.45. The van der Waals surface area contributed by atoms with Gasteiger partial charge in [-0.05, 0) is 69.0 Å². The third kappa shape index (κ3) is 8.29. The van der Waals surface area contributed by atoms with Crippen LogP contribution in [0.15, 0.2) is 12.2 Å². The quantitative estimate of drug-likeness (QED) is 0.0808. The highest BCUT2D eigenvalue weighted by molar-refractivity contribution is 14.1. The van der Waals surface area contributed by atoms with E-state index in [1.165, 1.54) is 17.3 Å². The van der Waals surface area contributed by atoms with Crippen molar-refractivity contribution >= 4 is 30.9 Å². The summed E-state index contributed by atoms with van der Waals surface area (Å²) < 4.78 is 18.5. The Morgan fingerprint density at radius 3 is 2.50 bits per heavy atom. The molecule has 0 bridgehead atoms. The van der Waals surface area contributed by atoms with Gasteiger partial charge in [-0.1, -0.05) is 55.5 Å². The summed E-state index contributed by atoms with van der Waals surface area (Å²) in [6.45, 7) is 14.3. The number of halogens is 1. The molecule has 1 aliphatic rings. The van der Waals surface area contributed by atoms with Crippen LogP contribution in [0.3, 0.4) is 0 Å². The number of rotatable bonds is 11. The van der Waals surface area contributed by atoms with Gasteiger partial charge in [0.25, 0.3) is 0 Å². The van der Waals surface area contributed by atoms with Crippen LogP contribution in [0.5, 0.6) is 0 Å². The fraction of sp³-hybridized carbons (Fsp3) is 0.905. The van der Waals surface area contributed by atoms with Crippen LogP contribution >= 0.6 is 22.6 Å². The van der Waals surface area contributed by atoms with Gasteiger partial charge in [-0.3, -0.25) is 0 Å². The fourth-order valence-corrected chi connectivity index (χ4v) is 5.84. The Labute approximate surface area is 176 Å². The number of hydrogen-bond donors (Lipinski definition) is 0. The molecule has 1 fully saturated rings. The summed E-state index contributed by atoms with van der Waals surface area (Å²) in [5.74, 6) is 1.41. The Balaban J connectivity index is 2.31. The van der Waals surface area contributed by atoms with Crippen molar-refractivity contribution in [1.29, 1.82) is 0 Å². The molecule has 0 spiro atoms. The van der Waals surface area contributed by atoms with Gasteiger partial charge in [-0.2, -0.15) is 0 Å². The van der Waals surface area contributed by atoms with E-state index in [9.17, 15) is 0 Å². The molecule has 0 heterocycles. The van der Waals surface area contributed by atoms with E-state index >= 15 is 0 Å². The molecule has 0 aromatic heterocycles. The smallest absolute Gasteiger partial charge is 0.192 e. The molecular weight excluding hydrogens is 455 g/mol. The first-order valence-corrected chi connectivity index (χ1v) is 14.5. The van der Waals surface area contributed by atoms with Crippen LogP contribution in [-0.4, -0.2) is 38.9 Å². The summed E-state index contributed by atoms with van der Waals surface area (Å²) >= 11 is 2.51. The molecule has 0 aliphatic heterocycles. The number of methoxy groups -OCH3 is 1. The van der Waals surface area contributed by atoms with E-state index in [-0.39, 0.29) is 0 Å². The van der Waals surface area contributed by atoms with E-state index in [0.29, 0.717) is 30.0 Å². The van der Waals surface area contributed by atoms with Gasteiger partial charge in [-0.25, -0.2) is 0 Å². The Hall–Kier alpha value is 0.567. The van der Waals surface area contributed by atoms with E-state index in [4.69, 9.17) is 13.9 Å². The molecule has 0 unspecified atom stereocenters. The molecule has 0 aromatic rings. The molecule has 154 valence electrons. The largest absolute Gasteiger partial charge is 0.414 e. The molecule has 5 heteroatoms. The van der Waals surface area contributed by atoms with Gasteiger partial charge in [-0.15, -0.1) is 0 Å². The molecular formula is C21H41IO3Si. The summed E-state index contributed by atoms with van der Waals surface area (Å²) in [6.07, 6.45) is 11.4. The Kier molecular flexibility index (Phi) is 10.9. The average Bonchev–Trinajstić information content (AvgIpc) is 2.93. The maximum Gasteiger partial charge on any atom is 0.192 e. The van der Waals surface area contributed by atoms with E-state index in [2.05, 4.69) is 75.5 Å². The minimum absolute atomic E-state index is 0.291. The first kappa shape index (κ1) is 24.6. The number of hydrogen-bond acceptors (Lipinski definition) is 3. The first-order chi connectivity index (χ1) is 12.1. The molecule has 0 radical (unpaired) electrons. The van der Waals surface area contributed by atoms with Crippen molar-refractivity contribution in [3.8, 4) is 0 Å². The van der Waals surface area contributed by atoms with Crippen molar-refractivity contribution in [1.82, 2.24) is 0 Å². The van der Waals surface area contributed by atoms with E-state index in [1.54, 1.807) is 7.11 Å². The minimum atomic E-state index is -1.63. The molecule has 0 aromatic carbocycles. The standard InChI is InChI=1S/C21H41IO3Si/c1-17(25-26(6,7)21(2,3)4)11-9-8-10-12-18-13-20(24-16-23-5)14-19(18)15-22/h10,12,17-20H,8-9,11,13-16H2,1-7H3/b12-10+/t17-,18+,19-,20-/m0/s1. The van der Waals surface area contributed by atoms with Crippen molar-refractivity contribution in [2.75, 3.05) is 18.3 Å². The van der Waals surface area contributed by atoms with Crippen LogP contribution in [0.4, 0.5) is 0 Å². The Morgan fingerprint density at radius 2 is 1.92 bits per heavy atom. The molecule has 3 nitrogen and oxygen atoms in total. The van der Waals surface area contributed by atoms with Gasteiger partial charge in [0.15, 0.2) is 8.32 Å². The van der Waals surface area contributed by atoms with E-state index < -0.39 is 8.32 Å². The monoisotopic (exact) mass is 496 g/mol. The highest BCUT2D eigenvalue weighted by atomic mass is 127. The lowest BCUT2D eigenvalue weighted by Gasteiger charge is -2.38. The predicted molar refractivity (Wildman–Crippen MR) is 123 cm³/mol. The summed E-state index contributed by atoms with van der Waals surface area (Å²) in [7, 11) is 0.0589. The molecule has 1 saturated carbocycles. The zero-order valence-corrected chi connectivity index (χ0v) is 21.2. The van der Waals surface area contributed by atoms with Crippen molar-refractivity contribution in [2.24, 2.45) is 11.8 Å². The van der Waals surface area contributed by atoms with Gasteiger partial charge in [0.05, 0.1) is 6.10 Å². The van der Waals surface area contributed by atoms with Gasteiger partial charge >= 0.3 is 0 Å². The van der Waals surface area contributed by atoms with Crippen LogP contribution in [0, 0.1) is 11.8 Å².